The van der Waals surface area contributed by atoms with E-state index in [9.17, 15) is 14.4 Å². The fourth-order valence-corrected chi connectivity index (χ4v) is 5.19. The highest BCUT2D eigenvalue weighted by atomic mass is 32.2. The monoisotopic (exact) mass is 476 g/mol. The number of benzene rings is 1. The molecule has 2 saturated heterocycles. The fraction of sp³-hybridized carbons (Fsp3) is 0.280. The summed E-state index contributed by atoms with van der Waals surface area (Å²) in [6, 6.07) is 12.0. The molecule has 0 spiro atoms. The van der Waals surface area contributed by atoms with Crippen molar-refractivity contribution in [1.29, 1.82) is 0 Å². The Morgan fingerprint density at radius 2 is 1.94 bits per heavy atom. The highest BCUT2D eigenvalue weighted by Gasteiger charge is 2.37. The van der Waals surface area contributed by atoms with Gasteiger partial charge >= 0.3 is 0 Å². The van der Waals surface area contributed by atoms with Crippen LogP contribution in [0.15, 0.2) is 47.5 Å². The number of thioether (sulfide) groups is 1. The summed E-state index contributed by atoms with van der Waals surface area (Å²) in [5.41, 5.74) is 4.74. The predicted octanol–water partition coefficient (Wildman–Crippen LogP) is 3.54. The fourth-order valence-electron chi connectivity index (χ4n) is 4.36. The molecule has 9 heteroatoms. The molecule has 2 aliphatic heterocycles. The van der Waals surface area contributed by atoms with Gasteiger partial charge in [0, 0.05) is 41.7 Å². The van der Waals surface area contributed by atoms with Crippen LogP contribution < -0.4 is 0 Å². The van der Waals surface area contributed by atoms with Crippen LogP contribution in [-0.4, -0.2) is 69.3 Å². The summed E-state index contributed by atoms with van der Waals surface area (Å²) >= 11 is 0.872. The minimum absolute atomic E-state index is 0.240. The third-order valence-corrected chi connectivity index (χ3v) is 7.04. The van der Waals surface area contributed by atoms with E-state index in [2.05, 4.69) is 15.6 Å². The number of aromatic nitrogens is 2. The van der Waals surface area contributed by atoms with Crippen LogP contribution in [0.4, 0.5) is 4.79 Å². The topological polar surface area (TPSA) is 84.7 Å². The first kappa shape index (κ1) is 22.4. The first-order chi connectivity index (χ1) is 16.4. The SMILES string of the molecule is Cc1cc(/C=C2/SC(=O)N(CC(=O)N3CCOCC3)C2=O)c(C)n1-c1ccc2ncccc2c1. The molecule has 5 rings (SSSR count). The zero-order valence-corrected chi connectivity index (χ0v) is 19.8. The molecule has 1 aromatic carbocycles. The highest BCUT2D eigenvalue weighted by molar-refractivity contribution is 8.18. The quantitative estimate of drug-likeness (QED) is 0.536. The van der Waals surface area contributed by atoms with Gasteiger partial charge in [0.1, 0.15) is 6.54 Å². The zero-order chi connectivity index (χ0) is 23.8. The Kier molecular flexibility index (Phi) is 5.97. The van der Waals surface area contributed by atoms with Crippen LogP contribution in [0.25, 0.3) is 22.7 Å². The average molecular weight is 477 g/mol. The molecule has 2 fully saturated rings. The summed E-state index contributed by atoms with van der Waals surface area (Å²) < 4.78 is 7.38. The van der Waals surface area contributed by atoms with Crippen molar-refractivity contribution in [3.05, 3.63) is 64.5 Å². The Morgan fingerprint density at radius 1 is 1.15 bits per heavy atom. The molecule has 2 aromatic heterocycles. The molecule has 3 amide bonds. The van der Waals surface area contributed by atoms with Crippen LogP contribution >= 0.6 is 11.8 Å². The zero-order valence-electron chi connectivity index (χ0n) is 19.0. The van der Waals surface area contributed by atoms with Gasteiger partial charge in [0.2, 0.25) is 5.91 Å². The third kappa shape index (κ3) is 4.12. The lowest BCUT2D eigenvalue weighted by Crippen LogP contribution is -2.46. The van der Waals surface area contributed by atoms with Crippen molar-refractivity contribution in [3.63, 3.8) is 0 Å². The second-order valence-corrected chi connectivity index (χ2v) is 9.30. The van der Waals surface area contributed by atoms with Crippen molar-refractivity contribution in [2.24, 2.45) is 0 Å². The number of imide groups is 1. The van der Waals surface area contributed by atoms with Gasteiger partial charge in [-0.3, -0.25) is 24.3 Å². The molecule has 34 heavy (non-hydrogen) atoms. The normalized spacial score (nSPS) is 17.9. The molecule has 0 aliphatic carbocycles. The first-order valence-electron chi connectivity index (χ1n) is 11.1. The van der Waals surface area contributed by atoms with Crippen LogP contribution in [0.3, 0.4) is 0 Å². The lowest BCUT2D eigenvalue weighted by Gasteiger charge is -2.28. The number of aryl methyl sites for hydroxylation is 1. The van der Waals surface area contributed by atoms with E-state index >= 15 is 0 Å². The maximum absolute atomic E-state index is 13.0. The molecule has 0 unspecified atom stereocenters. The van der Waals surface area contributed by atoms with E-state index in [1.54, 1.807) is 17.2 Å². The minimum Gasteiger partial charge on any atom is -0.378 e. The van der Waals surface area contributed by atoms with Crippen molar-refractivity contribution < 1.29 is 19.1 Å². The molecule has 0 saturated carbocycles. The number of pyridine rings is 1. The lowest BCUT2D eigenvalue weighted by molar-refractivity contribution is -0.139. The molecule has 0 radical (unpaired) electrons. The van der Waals surface area contributed by atoms with Gasteiger partial charge in [0.05, 0.1) is 23.6 Å². The molecule has 174 valence electrons. The van der Waals surface area contributed by atoms with E-state index in [4.69, 9.17) is 4.74 Å². The molecule has 2 aliphatic rings. The van der Waals surface area contributed by atoms with Crippen molar-refractivity contribution in [3.8, 4) is 5.69 Å². The number of amides is 3. The van der Waals surface area contributed by atoms with Gasteiger partial charge in [-0.1, -0.05) is 6.07 Å². The number of carbonyl (C=O) groups is 3. The molecular weight excluding hydrogens is 452 g/mol. The number of morpholine rings is 1. The van der Waals surface area contributed by atoms with E-state index in [-0.39, 0.29) is 12.5 Å². The van der Waals surface area contributed by atoms with Crippen LogP contribution in [0.5, 0.6) is 0 Å². The van der Waals surface area contributed by atoms with Gasteiger partial charge in [-0.05, 0) is 67.6 Å². The Balaban J connectivity index is 1.39. The van der Waals surface area contributed by atoms with Crippen LogP contribution in [-0.2, 0) is 14.3 Å². The summed E-state index contributed by atoms with van der Waals surface area (Å²) in [5.74, 6) is -0.672. The molecule has 0 N–H and O–H groups in total. The van der Waals surface area contributed by atoms with E-state index in [1.165, 1.54) is 0 Å². The first-order valence-corrected chi connectivity index (χ1v) is 11.9. The van der Waals surface area contributed by atoms with E-state index < -0.39 is 11.1 Å². The van der Waals surface area contributed by atoms with Crippen molar-refractivity contribution in [1.82, 2.24) is 19.4 Å². The standard InChI is InChI=1S/C25H24N4O4S/c1-16-12-19(17(2)29(16)20-5-6-21-18(13-20)4-3-7-26-21)14-22-24(31)28(25(32)34-22)15-23(30)27-8-10-33-11-9-27/h3-7,12-14H,8-11,15H2,1-2H3/b22-14+. The molecule has 0 atom stereocenters. The number of hydrogen-bond acceptors (Lipinski definition) is 6. The highest BCUT2D eigenvalue weighted by Crippen LogP contribution is 2.34. The predicted molar refractivity (Wildman–Crippen MR) is 131 cm³/mol. The summed E-state index contributed by atoms with van der Waals surface area (Å²) in [7, 11) is 0. The van der Waals surface area contributed by atoms with Gasteiger partial charge in [0.25, 0.3) is 11.1 Å². The maximum atomic E-state index is 13.0. The van der Waals surface area contributed by atoms with Crippen molar-refractivity contribution >= 4 is 45.8 Å². The Morgan fingerprint density at radius 3 is 2.74 bits per heavy atom. The van der Waals surface area contributed by atoms with Gasteiger partial charge in [-0.2, -0.15) is 0 Å². The molecule has 4 heterocycles. The Bertz CT molecular complexity index is 1340. The average Bonchev–Trinajstić information content (AvgIpc) is 3.28. The summed E-state index contributed by atoms with van der Waals surface area (Å²) in [4.78, 5) is 45.4. The van der Waals surface area contributed by atoms with Crippen molar-refractivity contribution in [2.45, 2.75) is 13.8 Å². The molecule has 0 bridgehead atoms. The number of carbonyl (C=O) groups excluding carboxylic acids is 3. The molecular formula is C25H24N4O4S. The number of rotatable bonds is 4. The van der Waals surface area contributed by atoms with E-state index in [0.717, 1.165) is 50.2 Å². The smallest absolute Gasteiger partial charge is 0.294 e. The Labute approximate surface area is 201 Å². The number of nitrogens with zero attached hydrogens (tertiary/aromatic N) is 4. The van der Waals surface area contributed by atoms with E-state index in [1.807, 2.05) is 44.2 Å². The molecule has 3 aromatic rings. The second kappa shape index (κ2) is 9.08. The third-order valence-electron chi connectivity index (χ3n) is 6.13. The van der Waals surface area contributed by atoms with Crippen molar-refractivity contribution in [2.75, 3.05) is 32.8 Å². The lowest BCUT2D eigenvalue weighted by atomic mass is 10.2. The molecule has 8 nitrogen and oxygen atoms in total. The number of ether oxygens (including phenoxy) is 1. The van der Waals surface area contributed by atoms with Gasteiger partial charge < -0.3 is 14.2 Å². The number of fused-ring (bicyclic) bond motifs is 1. The summed E-state index contributed by atoms with van der Waals surface area (Å²) in [6.07, 6.45) is 3.51. The second-order valence-electron chi connectivity index (χ2n) is 8.30. The largest absolute Gasteiger partial charge is 0.378 e. The van der Waals surface area contributed by atoms with Crippen LogP contribution in [0.1, 0.15) is 17.0 Å². The van der Waals surface area contributed by atoms with Crippen LogP contribution in [0.2, 0.25) is 0 Å². The Hall–Kier alpha value is -3.43. The summed E-state index contributed by atoms with van der Waals surface area (Å²) in [6.45, 7) is 5.63. The summed E-state index contributed by atoms with van der Waals surface area (Å²) in [5, 5.41) is 0.619. The van der Waals surface area contributed by atoms with Crippen LogP contribution in [0, 0.1) is 13.8 Å². The van der Waals surface area contributed by atoms with E-state index in [0.29, 0.717) is 31.2 Å². The van der Waals surface area contributed by atoms with Gasteiger partial charge in [0.15, 0.2) is 0 Å². The minimum atomic E-state index is -0.432. The van der Waals surface area contributed by atoms with Gasteiger partial charge in [-0.25, -0.2) is 0 Å². The van der Waals surface area contributed by atoms with Gasteiger partial charge in [-0.15, -0.1) is 0 Å². The maximum Gasteiger partial charge on any atom is 0.294 e. The number of hydrogen-bond donors (Lipinski definition) is 0.